The van der Waals surface area contributed by atoms with Crippen LogP contribution in [0.25, 0.3) is 0 Å². The van der Waals surface area contributed by atoms with Crippen LogP contribution in [-0.4, -0.2) is 21.8 Å². The number of rotatable bonds is 1. The zero-order valence-corrected chi connectivity index (χ0v) is 15.8. The fraction of sp³-hybridized carbons (Fsp3) is 0.412. The van der Waals surface area contributed by atoms with Crippen molar-refractivity contribution in [3.8, 4) is 0 Å². The van der Waals surface area contributed by atoms with Crippen molar-refractivity contribution in [2.75, 3.05) is 0 Å². The van der Waals surface area contributed by atoms with E-state index in [1.54, 1.807) is 21.0 Å². The Bertz CT molecular complexity index is 512. The fourth-order valence-corrected chi connectivity index (χ4v) is 14.9. The Hall–Kier alpha value is -0.417. The van der Waals surface area contributed by atoms with Gasteiger partial charge >= 0.3 is 120 Å². The molecule has 0 spiro atoms. The van der Waals surface area contributed by atoms with Crippen molar-refractivity contribution in [1.82, 2.24) is 0 Å². The van der Waals surface area contributed by atoms with E-state index < -0.39 is 21.8 Å². The van der Waals surface area contributed by atoms with Gasteiger partial charge in [0.05, 0.1) is 0 Å². The quantitative estimate of drug-likeness (QED) is 0.580. The molecule has 0 fully saturated rings. The van der Waals surface area contributed by atoms with Gasteiger partial charge in [-0.3, -0.25) is 0 Å². The molecule has 0 aliphatic carbocycles. The molecule has 1 aliphatic heterocycles. The van der Waals surface area contributed by atoms with Crippen LogP contribution in [-0.2, 0) is 0 Å². The SMILES string of the molecule is CC1=[C](C)[Bi]([c]2ccccc2)[C](C(C)(C)C)=C1C. The second kappa shape index (κ2) is 4.93. The average Bonchev–Trinajstić information content (AvgIpc) is 2.54. The first-order valence-electron chi connectivity index (χ1n) is 6.58. The van der Waals surface area contributed by atoms with Gasteiger partial charge in [-0.1, -0.05) is 0 Å². The number of benzene rings is 1. The Morgan fingerprint density at radius 1 is 0.833 bits per heavy atom. The molecular weight excluding hydrogens is 413 g/mol. The summed E-state index contributed by atoms with van der Waals surface area (Å²) >= 11 is -1.88. The van der Waals surface area contributed by atoms with Crippen LogP contribution >= 0.6 is 0 Å². The van der Waals surface area contributed by atoms with Gasteiger partial charge in [-0.15, -0.1) is 0 Å². The Morgan fingerprint density at radius 3 is 1.89 bits per heavy atom. The molecule has 1 heteroatoms. The Balaban J connectivity index is 2.59. The van der Waals surface area contributed by atoms with Gasteiger partial charge in [0, 0.05) is 0 Å². The minimum absolute atomic E-state index is 0.316. The first-order chi connectivity index (χ1) is 8.34. The molecule has 0 saturated carbocycles. The van der Waals surface area contributed by atoms with E-state index in [-0.39, 0.29) is 0 Å². The molecule has 2 rings (SSSR count). The van der Waals surface area contributed by atoms with Crippen LogP contribution in [0, 0.1) is 5.41 Å². The molecule has 0 radical (unpaired) electrons. The van der Waals surface area contributed by atoms with Crippen molar-refractivity contribution in [2.24, 2.45) is 5.41 Å². The van der Waals surface area contributed by atoms with Gasteiger partial charge in [0.25, 0.3) is 0 Å². The van der Waals surface area contributed by atoms with E-state index in [9.17, 15) is 0 Å². The topological polar surface area (TPSA) is 0 Å². The number of hydrogen-bond acceptors (Lipinski definition) is 0. The molecule has 0 bridgehead atoms. The Morgan fingerprint density at radius 2 is 1.39 bits per heavy atom. The van der Waals surface area contributed by atoms with Gasteiger partial charge in [-0.25, -0.2) is 0 Å². The van der Waals surface area contributed by atoms with E-state index in [4.69, 9.17) is 0 Å². The molecule has 0 atom stereocenters. The standard InChI is InChI=1S/C11H18.C6H5.Bi/c1-7-9(2)10(3)8-11(4,5)6;1-2-4-6-5-3-1;/h1-6H3;1-5H;. The van der Waals surface area contributed by atoms with Crippen LogP contribution in [0.15, 0.2) is 48.0 Å². The fourth-order valence-electron chi connectivity index (χ4n) is 2.75. The van der Waals surface area contributed by atoms with Crippen molar-refractivity contribution in [3.05, 3.63) is 48.0 Å². The molecule has 0 nitrogen and oxygen atoms in total. The first kappa shape index (κ1) is 14.0. The zero-order valence-electron chi connectivity index (χ0n) is 12.3. The monoisotopic (exact) mass is 436 g/mol. The van der Waals surface area contributed by atoms with E-state index in [0.717, 1.165) is 0 Å². The van der Waals surface area contributed by atoms with E-state index >= 15 is 0 Å². The van der Waals surface area contributed by atoms with Gasteiger partial charge in [-0.2, -0.15) is 0 Å². The predicted molar refractivity (Wildman–Crippen MR) is 82.4 cm³/mol. The van der Waals surface area contributed by atoms with Crippen molar-refractivity contribution >= 4 is 25.0 Å². The van der Waals surface area contributed by atoms with E-state index in [2.05, 4.69) is 71.9 Å². The summed E-state index contributed by atoms with van der Waals surface area (Å²) in [5, 5.41) is 0. The van der Waals surface area contributed by atoms with Gasteiger partial charge in [-0.05, 0) is 0 Å². The van der Waals surface area contributed by atoms with Gasteiger partial charge in [0.2, 0.25) is 0 Å². The van der Waals surface area contributed by atoms with Crippen LogP contribution in [0.5, 0.6) is 0 Å². The normalized spacial score (nSPS) is 17.9. The second-order valence-corrected chi connectivity index (χ2v) is 15.1. The maximum absolute atomic E-state index is 2.38. The number of allylic oxidation sites excluding steroid dienone is 4. The molecule has 0 unspecified atom stereocenters. The Kier molecular flexibility index (Phi) is 3.83. The van der Waals surface area contributed by atoms with Crippen molar-refractivity contribution < 1.29 is 0 Å². The molecule has 96 valence electrons. The summed E-state index contributed by atoms with van der Waals surface area (Å²) in [6.45, 7) is 14.2. The molecule has 1 heterocycles. The molecule has 18 heavy (non-hydrogen) atoms. The Labute approximate surface area is 119 Å². The zero-order chi connectivity index (χ0) is 13.5. The van der Waals surface area contributed by atoms with Crippen LogP contribution in [0.3, 0.4) is 0 Å². The molecule has 0 N–H and O–H groups in total. The van der Waals surface area contributed by atoms with Crippen molar-refractivity contribution in [2.45, 2.75) is 41.5 Å². The average molecular weight is 436 g/mol. The van der Waals surface area contributed by atoms with Gasteiger partial charge in [0.1, 0.15) is 0 Å². The van der Waals surface area contributed by atoms with Gasteiger partial charge < -0.3 is 0 Å². The van der Waals surface area contributed by atoms with Crippen LogP contribution < -0.4 is 3.27 Å². The number of hydrogen-bond donors (Lipinski definition) is 0. The summed E-state index contributed by atoms with van der Waals surface area (Å²) in [4.78, 5) is 0. The summed E-state index contributed by atoms with van der Waals surface area (Å²) < 4.78 is 5.14. The molecule has 1 aromatic rings. The molecule has 0 aromatic heterocycles. The van der Waals surface area contributed by atoms with E-state index in [1.165, 1.54) is 0 Å². The second-order valence-electron chi connectivity index (χ2n) is 6.10. The summed E-state index contributed by atoms with van der Waals surface area (Å²) in [6, 6.07) is 11.2. The molecule has 1 aliphatic rings. The third kappa shape index (κ3) is 2.35. The van der Waals surface area contributed by atoms with Gasteiger partial charge in [0.15, 0.2) is 0 Å². The molecule has 0 amide bonds. The van der Waals surface area contributed by atoms with E-state index in [0.29, 0.717) is 5.41 Å². The maximum atomic E-state index is 2.38. The summed E-state index contributed by atoms with van der Waals surface area (Å²) in [5.41, 5.74) is 3.47. The van der Waals surface area contributed by atoms with Crippen LogP contribution in [0.4, 0.5) is 0 Å². The third-order valence-electron chi connectivity index (χ3n) is 3.74. The first-order valence-corrected chi connectivity index (χ1v) is 11.8. The summed E-state index contributed by atoms with van der Waals surface area (Å²) in [7, 11) is 0. The molecule has 0 saturated heterocycles. The van der Waals surface area contributed by atoms with Crippen molar-refractivity contribution in [1.29, 1.82) is 0 Å². The predicted octanol–water partition coefficient (Wildman–Crippen LogP) is 4.18. The summed E-state index contributed by atoms with van der Waals surface area (Å²) in [6.07, 6.45) is 0. The molecule has 1 aromatic carbocycles. The minimum atomic E-state index is -1.88. The summed E-state index contributed by atoms with van der Waals surface area (Å²) in [5.74, 6) is 0. The van der Waals surface area contributed by atoms with Crippen LogP contribution in [0.1, 0.15) is 41.5 Å². The van der Waals surface area contributed by atoms with Crippen LogP contribution in [0.2, 0.25) is 0 Å². The third-order valence-corrected chi connectivity index (χ3v) is 16.5. The van der Waals surface area contributed by atoms with Crippen molar-refractivity contribution in [3.63, 3.8) is 0 Å². The van der Waals surface area contributed by atoms with E-state index in [1.807, 2.05) is 0 Å². The molecular formula is C17H23Bi.